The summed E-state index contributed by atoms with van der Waals surface area (Å²) in [6.07, 6.45) is 2.90. The Kier molecular flexibility index (Phi) is 3.71. The molecule has 0 aliphatic heterocycles. The van der Waals surface area contributed by atoms with Crippen LogP contribution in [0.2, 0.25) is 5.02 Å². The van der Waals surface area contributed by atoms with E-state index in [4.69, 9.17) is 16.9 Å². The molecule has 22 heavy (non-hydrogen) atoms. The molecular formula is C11H7ClN10. The van der Waals surface area contributed by atoms with E-state index in [1.54, 1.807) is 18.2 Å². The van der Waals surface area contributed by atoms with E-state index in [2.05, 4.69) is 41.5 Å². The minimum atomic E-state index is 0.183. The fourth-order valence-corrected chi connectivity index (χ4v) is 1.79. The lowest BCUT2D eigenvalue weighted by Gasteiger charge is -2.07. The molecule has 0 atom stereocenters. The first kappa shape index (κ1) is 13.7. The Labute approximate surface area is 128 Å². The zero-order valence-electron chi connectivity index (χ0n) is 10.8. The van der Waals surface area contributed by atoms with Crippen molar-refractivity contribution in [3.8, 4) is 11.8 Å². The molecule has 2 aromatic heterocycles. The second-order valence-electron chi connectivity index (χ2n) is 3.97. The minimum Gasteiger partial charge on any atom is -0.359 e. The van der Waals surface area contributed by atoms with Crippen molar-refractivity contribution in [3.05, 3.63) is 41.6 Å². The maximum atomic E-state index is 9.11. The number of aromatic amines is 1. The number of allylic oxidation sites excluding steroid dienone is 1. The van der Waals surface area contributed by atoms with E-state index in [-0.39, 0.29) is 11.4 Å². The number of H-pyrrole nitrogens is 1. The van der Waals surface area contributed by atoms with Gasteiger partial charge in [0.2, 0.25) is 5.82 Å². The molecule has 0 amide bonds. The quantitative estimate of drug-likeness (QED) is 0.675. The molecule has 2 N–H and O–H groups in total. The molecule has 0 bridgehead atoms. The lowest BCUT2D eigenvalue weighted by atomic mass is 10.2. The summed E-state index contributed by atoms with van der Waals surface area (Å²) < 4.78 is 1.48. The molecule has 0 saturated carbocycles. The Balaban J connectivity index is 1.89. The molecule has 0 spiro atoms. The van der Waals surface area contributed by atoms with Crippen molar-refractivity contribution in [1.82, 2.24) is 40.8 Å². The minimum absolute atomic E-state index is 0.183. The SMILES string of the molecule is N#CC(=CNc1cc(-n2cnnn2)ccc1Cl)c1nn[nH]n1. The molecule has 0 fully saturated rings. The monoisotopic (exact) mass is 314 g/mol. The maximum Gasteiger partial charge on any atom is 0.216 e. The van der Waals surface area contributed by atoms with Crippen molar-refractivity contribution in [2.45, 2.75) is 0 Å². The van der Waals surface area contributed by atoms with Crippen LogP contribution in [0.1, 0.15) is 5.82 Å². The van der Waals surface area contributed by atoms with Crippen LogP contribution in [-0.2, 0) is 0 Å². The van der Waals surface area contributed by atoms with E-state index < -0.39 is 0 Å². The number of nitrogens with zero attached hydrogens (tertiary/aromatic N) is 8. The number of benzene rings is 1. The van der Waals surface area contributed by atoms with Gasteiger partial charge in [0.1, 0.15) is 18.0 Å². The summed E-state index contributed by atoms with van der Waals surface area (Å²) in [7, 11) is 0. The number of rotatable bonds is 4. The van der Waals surface area contributed by atoms with Gasteiger partial charge >= 0.3 is 0 Å². The number of anilines is 1. The van der Waals surface area contributed by atoms with E-state index in [1.165, 1.54) is 17.2 Å². The van der Waals surface area contributed by atoms with Crippen molar-refractivity contribution >= 4 is 22.9 Å². The Bertz CT molecular complexity index is 830. The number of tetrazole rings is 2. The average molecular weight is 315 g/mol. The van der Waals surface area contributed by atoms with Crippen LogP contribution in [0.4, 0.5) is 5.69 Å². The average Bonchev–Trinajstić information content (AvgIpc) is 3.23. The van der Waals surface area contributed by atoms with Crippen LogP contribution in [0.25, 0.3) is 11.3 Å². The van der Waals surface area contributed by atoms with Crippen LogP contribution in [0.15, 0.2) is 30.7 Å². The van der Waals surface area contributed by atoms with Gasteiger partial charge in [0.05, 0.1) is 16.4 Å². The third-order valence-corrected chi connectivity index (χ3v) is 2.97. The Morgan fingerprint density at radius 1 is 1.45 bits per heavy atom. The molecule has 0 aliphatic rings. The van der Waals surface area contributed by atoms with Gasteiger partial charge < -0.3 is 5.32 Å². The maximum absolute atomic E-state index is 9.11. The topological polar surface area (TPSA) is 134 Å². The largest absolute Gasteiger partial charge is 0.359 e. The summed E-state index contributed by atoms with van der Waals surface area (Å²) in [6.45, 7) is 0. The Morgan fingerprint density at radius 2 is 2.36 bits per heavy atom. The van der Waals surface area contributed by atoms with Crippen molar-refractivity contribution < 1.29 is 0 Å². The number of hydrogen-bond donors (Lipinski definition) is 2. The van der Waals surface area contributed by atoms with Gasteiger partial charge in [0, 0.05) is 6.20 Å². The standard InChI is InChI=1S/C11H7ClN10/c12-9-2-1-8(22-6-15-18-21-22)3-10(9)14-5-7(4-13)11-16-19-20-17-11/h1-3,5-6,14H,(H,16,17,19,20). The highest BCUT2D eigenvalue weighted by atomic mass is 35.5. The van der Waals surface area contributed by atoms with Crippen LogP contribution in [0, 0.1) is 11.3 Å². The van der Waals surface area contributed by atoms with E-state index in [0.717, 1.165) is 0 Å². The first-order valence-corrected chi connectivity index (χ1v) is 6.29. The van der Waals surface area contributed by atoms with Gasteiger partial charge in [-0.25, -0.2) is 4.68 Å². The summed E-state index contributed by atoms with van der Waals surface area (Å²) in [6, 6.07) is 7.16. The number of halogens is 1. The van der Waals surface area contributed by atoms with E-state index in [9.17, 15) is 0 Å². The Morgan fingerprint density at radius 3 is 3.05 bits per heavy atom. The molecule has 10 nitrogen and oxygen atoms in total. The van der Waals surface area contributed by atoms with E-state index >= 15 is 0 Å². The fraction of sp³-hybridized carbons (Fsp3) is 0. The van der Waals surface area contributed by atoms with Crippen molar-refractivity contribution in [2.24, 2.45) is 0 Å². The molecule has 1 aromatic carbocycles. The summed E-state index contributed by atoms with van der Waals surface area (Å²) in [5, 5.41) is 36.6. The molecule has 108 valence electrons. The molecule has 0 aliphatic carbocycles. The molecule has 2 heterocycles. The third kappa shape index (κ3) is 2.74. The molecule has 0 saturated heterocycles. The lowest BCUT2D eigenvalue weighted by molar-refractivity contribution is 0.789. The number of hydrogen-bond acceptors (Lipinski definition) is 8. The first-order valence-electron chi connectivity index (χ1n) is 5.91. The highest BCUT2D eigenvalue weighted by Crippen LogP contribution is 2.25. The number of nitrogens with one attached hydrogen (secondary N) is 2. The van der Waals surface area contributed by atoms with Gasteiger partial charge in [-0.3, -0.25) is 0 Å². The van der Waals surface area contributed by atoms with Gasteiger partial charge in [-0.2, -0.15) is 10.5 Å². The zero-order chi connectivity index (χ0) is 15.4. The molecular weight excluding hydrogens is 308 g/mol. The third-order valence-electron chi connectivity index (χ3n) is 2.64. The fourth-order valence-electron chi connectivity index (χ4n) is 1.62. The second-order valence-corrected chi connectivity index (χ2v) is 4.38. The van der Waals surface area contributed by atoms with Crippen molar-refractivity contribution in [3.63, 3.8) is 0 Å². The van der Waals surface area contributed by atoms with Gasteiger partial charge in [-0.05, 0) is 33.8 Å². The highest BCUT2D eigenvalue weighted by Gasteiger charge is 2.07. The number of aromatic nitrogens is 8. The number of nitriles is 1. The summed E-state index contributed by atoms with van der Waals surface area (Å²) in [4.78, 5) is 0. The molecule has 0 unspecified atom stereocenters. The van der Waals surface area contributed by atoms with E-state index in [0.29, 0.717) is 16.4 Å². The van der Waals surface area contributed by atoms with Crippen molar-refractivity contribution in [1.29, 1.82) is 5.26 Å². The summed E-state index contributed by atoms with van der Waals surface area (Å²) in [5.74, 6) is 0.183. The molecule has 3 aromatic rings. The first-order chi connectivity index (χ1) is 10.8. The molecule has 3 rings (SSSR count). The van der Waals surface area contributed by atoms with Crippen LogP contribution in [0.5, 0.6) is 0 Å². The van der Waals surface area contributed by atoms with Gasteiger partial charge in [0.15, 0.2) is 0 Å². The lowest BCUT2D eigenvalue weighted by Crippen LogP contribution is -1.98. The highest BCUT2D eigenvalue weighted by molar-refractivity contribution is 6.33. The van der Waals surface area contributed by atoms with Gasteiger partial charge in [-0.15, -0.1) is 15.3 Å². The zero-order valence-corrected chi connectivity index (χ0v) is 11.6. The summed E-state index contributed by atoms with van der Waals surface area (Å²) >= 11 is 6.12. The predicted molar refractivity (Wildman–Crippen MR) is 75.6 cm³/mol. The summed E-state index contributed by atoms with van der Waals surface area (Å²) in [5.41, 5.74) is 1.49. The van der Waals surface area contributed by atoms with E-state index in [1.807, 2.05) is 6.07 Å². The second kappa shape index (κ2) is 5.98. The van der Waals surface area contributed by atoms with Crippen molar-refractivity contribution in [2.75, 3.05) is 5.32 Å². The van der Waals surface area contributed by atoms with Gasteiger partial charge in [-0.1, -0.05) is 11.6 Å². The normalized spacial score (nSPS) is 11.2. The molecule has 0 radical (unpaired) electrons. The van der Waals surface area contributed by atoms with Crippen LogP contribution in [-0.4, -0.2) is 40.8 Å². The Hall–Kier alpha value is -3.32. The van der Waals surface area contributed by atoms with Crippen LogP contribution < -0.4 is 5.32 Å². The molecule has 11 heteroatoms. The van der Waals surface area contributed by atoms with Crippen LogP contribution >= 0.6 is 11.6 Å². The van der Waals surface area contributed by atoms with Crippen LogP contribution in [0.3, 0.4) is 0 Å². The smallest absolute Gasteiger partial charge is 0.216 e. The predicted octanol–water partition coefficient (Wildman–Crippen LogP) is 0.805. The van der Waals surface area contributed by atoms with Gasteiger partial charge in [0.25, 0.3) is 0 Å².